The van der Waals surface area contributed by atoms with Crippen molar-refractivity contribution >= 4 is 37.4 Å². The molecule has 0 spiro atoms. The molecule has 0 aliphatic carbocycles. The summed E-state index contributed by atoms with van der Waals surface area (Å²) in [6, 6.07) is 7.95. The van der Waals surface area contributed by atoms with E-state index >= 15 is 0 Å². The predicted octanol–water partition coefficient (Wildman–Crippen LogP) is 3.82. The Labute approximate surface area is 180 Å². The minimum absolute atomic E-state index is 0.0237. The van der Waals surface area contributed by atoms with Gasteiger partial charge in [0.2, 0.25) is 10.0 Å². The maximum absolute atomic E-state index is 13.2. The quantitative estimate of drug-likeness (QED) is 0.642. The number of carbonyl (C=O) groups is 1. The molecule has 1 aromatic carbocycles. The number of benzene rings is 1. The average Bonchev–Trinajstić information content (AvgIpc) is 3.37. The van der Waals surface area contributed by atoms with Crippen LogP contribution >= 0.6 is 11.3 Å². The fourth-order valence-electron chi connectivity index (χ4n) is 4.12. The van der Waals surface area contributed by atoms with Crippen LogP contribution in [0.25, 0.3) is 10.1 Å². The molecule has 0 bridgehead atoms. The van der Waals surface area contributed by atoms with Crippen LogP contribution in [0.2, 0.25) is 0 Å². The molecule has 2 aromatic heterocycles. The average molecular weight is 448 g/mol. The van der Waals surface area contributed by atoms with E-state index < -0.39 is 10.0 Å². The number of hydrogen-bond acceptors (Lipinski definition) is 6. The molecule has 7 nitrogen and oxygen atoms in total. The summed E-state index contributed by atoms with van der Waals surface area (Å²) in [7, 11) is -3.71. The third kappa shape index (κ3) is 3.55. The predicted molar refractivity (Wildman–Crippen MR) is 117 cm³/mol. The highest BCUT2D eigenvalue weighted by Gasteiger charge is 2.38. The number of fused-ring (bicyclic) bond motifs is 1. The molecule has 1 atom stereocenters. The summed E-state index contributed by atoms with van der Waals surface area (Å²) in [6.45, 7) is 7.83. The Bertz CT molecular complexity index is 1190. The monoisotopic (exact) mass is 447 g/mol. The Morgan fingerprint density at radius 1 is 1.30 bits per heavy atom. The molecule has 3 aromatic rings. The number of nitrogens with one attached hydrogen (secondary N) is 1. The Kier molecular flexibility index (Phi) is 5.46. The molecule has 0 unspecified atom stereocenters. The minimum atomic E-state index is -3.71. The summed E-state index contributed by atoms with van der Waals surface area (Å²) in [5.74, 6) is 0.145. The lowest BCUT2D eigenvalue weighted by atomic mass is 9.95. The first-order valence-corrected chi connectivity index (χ1v) is 12.2. The van der Waals surface area contributed by atoms with Gasteiger partial charge in [-0.25, -0.2) is 8.42 Å². The van der Waals surface area contributed by atoms with Gasteiger partial charge in [0.15, 0.2) is 5.76 Å². The van der Waals surface area contributed by atoms with Crippen molar-refractivity contribution in [2.75, 3.05) is 13.1 Å². The first-order chi connectivity index (χ1) is 14.2. The lowest BCUT2D eigenvalue weighted by molar-refractivity contribution is 0.0946. The van der Waals surface area contributed by atoms with Crippen LogP contribution < -0.4 is 5.32 Å². The highest BCUT2D eigenvalue weighted by molar-refractivity contribution is 7.89. The summed E-state index contributed by atoms with van der Waals surface area (Å²) >= 11 is 1.47. The zero-order valence-electron chi connectivity index (χ0n) is 17.4. The molecule has 0 radical (unpaired) electrons. The van der Waals surface area contributed by atoms with Gasteiger partial charge in [-0.05, 0) is 51.1 Å². The van der Waals surface area contributed by atoms with E-state index in [4.69, 9.17) is 4.52 Å². The summed E-state index contributed by atoms with van der Waals surface area (Å²) < 4.78 is 34.1. The molecule has 1 fully saturated rings. The minimum Gasteiger partial charge on any atom is -0.360 e. The third-order valence-corrected chi connectivity index (χ3v) is 8.68. The van der Waals surface area contributed by atoms with Gasteiger partial charge in [0, 0.05) is 29.7 Å². The summed E-state index contributed by atoms with van der Waals surface area (Å²) in [4.78, 5) is 13.7. The number of aryl methyl sites for hydroxylation is 2. The van der Waals surface area contributed by atoms with E-state index in [2.05, 4.69) is 10.5 Å². The molecule has 4 rings (SSSR count). The molecule has 3 heterocycles. The van der Waals surface area contributed by atoms with Gasteiger partial charge in [0.1, 0.15) is 10.6 Å². The lowest BCUT2D eigenvalue weighted by Crippen LogP contribution is -2.31. The van der Waals surface area contributed by atoms with E-state index in [1.54, 1.807) is 13.8 Å². The van der Waals surface area contributed by atoms with E-state index in [-0.39, 0.29) is 22.8 Å². The first-order valence-electron chi connectivity index (χ1n) is 9.95. The van der Waals surface area contributed by atoms with Crippen LogP contribution in [-0.4, -0.2) is 42.9 Å². The molecule has 1 saturated heterocycles. The largest absolute Gasteiger partial charge is 0.360 e. The van der Waals surface area contributed by atoms with Gasteiger partial charge < -0.3 is 9.84 Å². The number of sulfonamides is 1. The van der Waals surface area contributed by atoms with Crippen LogP contribution in [0.3, 0.4) is 0 Å². The molecule has 160 valence electrons. The second-order valence-corrected chi connectivity index (χ2v) is 10.9. The van der Waals surface area contributed by atoms with Crippen LogP contribution in [0.4, 0.5) is 0 Å². The van der Waals surface area contributed by atoms with Crippen LogP contribution in [0.15, 0.2) is 33.7 Å². The topological polar surface area (TPSA) is 92.5 Å². The molecule has 0 saturated carbocycles. The van der Waals surface area contributed by atoms with Gasteiger partial charge in [0.25, 0.3) is 5.91 Å². The highest BCUT2D eigenvalue weighted by Crippen LogP contribution is 2.41. The van der Waals surface area contributed by atoms with Gasteiger partial charge >= 0.3 is 0 Å². The fourth-order valence-corrected chi connectivity index (χ4v) is 7.11. The SMILES string of the molecule is Cc1noc(C)c1S(=O)(=O)N1CC[C@H](c2c(C(=O)NC(C)C)sc3ccccc23)C1. The standard InChI is InChI=1S/C21H25N3O4S2/c1-12(2)22-21(25)19-18(16-7-5-6-8-17(16)29-19)15-9-10-24(11-15)30(26,27)20-13(3)23-28-14(20)4/h5-8,12,15H,9-11H2,1-4H3,(H,22,25)/t15-/m0/s1. The van der Waals surface area contributed by atoms with E-state index in [0.29, 0.717) is 35.8 Å². The first kappa shape index (κ1) is 21.0. The number of hydrogen-bond donors (Lipinski definition) is 1. The number of amides is 1. The summed E-state index contributed by atoms with van der Waals surface area (Å²) in [6.07, 6.45) is 0.658. The maximum Gasteiger partial charge on any atom is 0.261 e. The number of thiophene rings is 1. The summed E-state index contributed by atoms with van der Waals surface area (Å²) in [5, 5.41) is 7.80. The second-order valence-electron chi connectivity index (χ2n) is 7.97. The number of carbonyl (C=O) groups excluding carboxylic acids is 1. The molecular weight excluding hydrogens is 422 g/mol. The second kappa shape index (κ2) is 7.79. The Balaban J connectivity index is 1.71. The van der Waals surface area contributed by atoms with Gasteiger partial charge in [-0.1, -0.05) is 23.4 Å². The van der Waals surface area contributed by atoms with Gasteiger partial charge in [-0.15, -0.1) is 11.3 Å². The van der Waals surface area contributed by atoms with Crippen LogP contribution in [-0.2, 0) is 10.0 Å². The highest BCUT2D eigenvalue weighted by atomic mass is 32.2. The van der Waals surface area contributed by atoms with Gasteiger partial charge in [-0.2, -0.15) is 4.31 Å². The van der Waals surface area contributed by atoms with Crippen molar-refractivity contribution in [3.8, 4) is 0 Å². The van der Waals surface area contributed by atoms with Crippen LogP contribution in [0, 0.1) is 13.8 Å². The molecule has 1 amide bonds. The van der Waals surface area contributed by atoms with Gasteiger partial charge in [0.05, 0.1) is 4.88 Å². The fraction of sp³-hybridized carbons (Fsp3) is 0.429. The van der Waals surface area contributed by atoms with E-state index in [0.717, 1.165) is 15.6 Å². The van der Waals surface area contributed by atoms with Crippen molar-refractivity contribution in [1.29, 1.82) is 0 Å². The Morgan fingerprint density at radius 2 is 2.03 bits per heavy atom. The zero-order valence-corrected chi connectivity index (χ0v) is 19.1. The summed E-state index contributed by atoms with van der Waals surface area (Å²) in [5.41, 5.74) is 1.32. The molecule has 1 aliphatic heterocycles. The zero-order chi connectivity index (χ0) is 21.6. The Hall–Kier alpha value is -2.23. The molecule has 1 aliphatic rings. The smallest absolute Gasteiger partial charge is 0.261 e. The van der Waals surface area contributed by atoms with Gasteiger partial charge in [-0.3, -0.25) is 4.79 Å². The normalized spacial score (nSPS) is 17.8. The number of aromatic nitrogens is 1. The maximum atomic E-state index is 13.2. The Morgan fingerprint density at radius 3 is 2.70 bits per heavy atom. The van der Waals surface area contributed by atoms with E-state index in [1.165, 1.54) is 15.6 Å². The van der Waals surface area contributed by atoms with Crippen LogP contribution in [0.5, 0.6) is 0 Å². The van der Waals surface area contributed by atoms with Crippen molar-refractivity contribution in [3.63, 3.8) is 0 Å². The molecule has 9 heteroatoms. The number of nitrogens with zero attached hydrogens (tertiary/aromatic N) is 2. The van der Waals surface area contributed by atoms with Crippen LogP contribution in [0.1, 0.15) is 52.9 Å². The van der Waals surface area contributed by atoms with Crippen molar-refractivity contribution in [1.82, 2.24) is 14.8 Å². The third-order valence-electron chi connectivity index (χ3n) is 5.38. The lowest BCUT2D eigenvalue weighted by Gasteiger charge is -2.17. The van der Waals surface area contributed by atoms with Crippen molar-refractivity contribution in [3.05, 3.63) is 46.2 Å². The van der Waals surface area contributed by atoms with Crippen molar-refractivity contribution in [2.24, 2.45) is 0 Å². The molecule has 1 N–H and O–H groups in total. The van der Waals surface area contributed by atoms with E-state index in [9.17, 15) is 13.2 Å². The van der Waals surface area contributed by atoms with E-state index in [1.807, 2.05) is 38.1 Å². The number of rotatable bonds is 5. The van der Waals surface area contributed by atoms with Crippen molar-refractivity contribution < 1.29 is 17.7 Å². The van der Waals surface area contributed by atoms with Crippen molar-refractivity contribution in [2.45, 2.75) is 51.0 Å². The molecular formula is C21H25N3O4S2. The molecule has 30 heavy (non-hydrogen) atoms.